The molecule has 14 heteroatoms. The van der Waals surface area contributed by atoms with E-state index in [1.165, 1.54) is 6.08 Å². The van der Waals surface area contributed by atoms with E-state index in [1.54, 1.807) is 54.6 Å². The molecular weight excluding hydrogens is 632 g/mol. The van der Waals surface area contributed by atoms with Gasteiger partial charge < -0.3 is 32.3 Å². The third-order valence-corrected chi connectivity index (χ3v) is 8.59. The summed E-state index contributed by atoms with van der Waals surface area (Å²) in [6.07, 6.45) is 1.29. The van der Waals surface area contributed by atoms with Gasteiger partial charge in [0.25, 0.3) is 0 Å². The van der Waals surface area contributed by atoms with Gasteiger partial charge in [-0.1, -0.05) is 6.07 Å². The fourth-order valence-corrected chi connectivity index (χ4v) is 6.26. The fourth-order valence-electron chi connectivity index (χ4n) is 6.26. The van der Waals surface area contributed by atoms with Crippen molar-refractivity contribution >= 4 is 73.2 Å². The summed E-state index contributed by atoms with van der Waals surface area (Å²) >= 11 is 0. The number of fused-ring (bicyclic) bond motifs is 20. The molecule has 2 aliphatic heterocycles. The van der Waals surface area contributed by atoms with Gasteiger partial charge >= 0.3 is 5.97 Å². The summed E-state index contributed by atoms with van der Waals surface area (Å²) in [5, 5.41) is 21.8. The number of carboxylic acid groups (broad SMARTS) is 1. The third-order valence-electron chi connectivity index (χ3n) is 8.59. The Morgan fingerprint density at radius 3 is 1.54 bits per heavy atom. The molecule has 9 N–H and O–H groups in total. The van der Waals surface area contributed by atoms with E-state index in [-0.39, 0.29) is 0 Å². The van der Waals surface area contributed by atoms with Gasteiger partial charge in [-0.3, -0.25) is 0 Å². The van der Waals surface area contributed by atoms with Gasteiger partial charge in [0, 0.05) is 60.9 Å². The highest BCUT2D eigenvalue weighted by atomic mass is 16.4. The number of benzene rings is 4. The molecular formula is C36H22N12O2. The highest BCUT2D eigenvalue weighted by Gasteiger charge is 2.23. The number of aromatic amines is 2. The first-order valence-electron chi connectivity index (χ1n) is 15.2. The lowest BCUT2D eigenvalue weighted by Crippen LogP contribution is -1.97. The maximum Gasteiger partial charge on any atom is 0.346 e. The molecule has 4 aromatic carbocycles. The lowest BCUT2D eigenvalue weighted by Gasteiger charge is -2.01. The number of nitrogens with two attached hydrogens (primary N) is 3. The number of nitrogens with one attached hydrogen (secondary N) is 2. The van der Waals surface area contributed by atoms with Gasteiger partial charge in [0.2, 0.25) is 0 Å². The normalized spacial score (nSPS) is 12.1. The molecule has 8 bridgehead atoms. The summed E-state index contributed by atoms with van der Waals surface area (Å²) in [7, 11) is 0. The molecule has 0 aliphatic carbocycles. The molecule has 0 unspecified atom stereocenters. The van der Waals surface area contributed by atoms with Crippen molar-refractivity contribution in [1.29, 1.82) is 5.26 Å². The van der Waals surface area contributed by atoms with E-state index in [1.807, 2.05) is 24.3 Å². The Labute approximate surface area is 280 Å². The Hall–Kier alpha value is -7.66. The summed E-state index contributed by atoms with van der Waals surface area (Å²) in [4.78, 5) is 47.9. The van der Waals surface area contributed by atoms with Gasteiger partial charge in [0.1, 0.15) is 34.2 Å². The molecule has 238 valence electrons. The minimum atomic E-state index is -1.33. The SMILES string of the molecule is N#C/C(=C/c1ccc2c(c1)-c1nc-2nc2[nH]c(nc3nc(nc4[nH]c(n1)c1ccc(N)cc41)-c1ccc(N)cc1-3)c1ccc(N)cc21)C(=O)O. The number of aliphatic carboxylic acids is 1. The second-order valence-corrected chi connectivity index (χ2v) is 11.8. The highest BCUT2D eigenvalue weighted by molar-refractivity contribution is 6.07. The van der Waals surface area contributed by atoms with E-state index in [2.05, 4.69) is 9.97 Å². The zero-order valence-corrected chi connectivity index (χ0v) is 25.7. The zero-order chi connectivity index (χ0) is 34.3. The van der Waals surface area contributed by atoms with Crippen LogP contribution in [-0.4, -0.2) is 50.9 Å². The maximum absolute atomic E-state index is 11.6. The lowest BCUT2D eigenvalue weighted by atomic mass is 10.0. The largest absolute Gasteiger partial charge is 0.477 e. The molecule has 3 aromatic heterocycles. The van der Waals surface area contributed by atoms with Crippen molar-refractivity contribution in [3.05, 3.63) is 83.9 Å². The van der Waals surface area contributed by atoms with E-state index >= 15 is 0 Å². The predicted molar refractivity (Wildman–Crippen MR) is 191 cm³/mol. The summed E-state index contributed by atoms with van der Waals surface area (Å²) in [5.74, 6) is 0.130. The van der Waals surface area contributed by atoms with Crippen molar-refractivity contribution in [2.24, 2.45) is 0 Å². The molecule has 0 spiro atoms. The first-order chi connectivity index (χ1) is 24.2. The summed E-state index contributed by atoms with van der Waals surface area (Å²) in [6, 6.07) is 23.2. The van der Waals surface area contributed by atoms with Crippen LogP contribution in [0.1, 0.15) is 5.56 Å². The molecule has 5 heterocycles. The van der Waals surface area contributed by atoms with E-state index in [9.17, 15) is 15.2 Å². The number of nitrogens with zero attached hydrogens (tertiary/aromatic N) is 7. The van der Waals surface area contributed by atoms with Crippen LogP contribution in [0, 0.1) is 11.3 Å². The second kappa shape index (κ2) is 10.4. The van der Waals surface area contributed by atoms with Crippen molar-refractivity contribution in [2.75, 3.05) is 17.2 Å². The molecule has 9 rings (SSSR count). The Kier molecular flexibility index (Phi) is 5.95. The number of rotatable bonds is 2. The number of carbonyl (C=O) groups is 1. The topological polar surface area (TPSA) is 248 Å². The van der Waals surface area contributed by atoms with E-state index in [0.717, 1.165) is 16.3 Å². The Morgan fingerprint density at radius 1 is 0.580 bits per heavy atom. The number of nitriles is 1. The number of hydrogen-bond donors (Lipinski definition) is 6. The standard InChI is InChI=1S/C36H22N12O2/c37-14-16(36(49)50)9-15-1-5-20-24(10-15)32-41-28(20)43-33-26-12-18(39)3-7-22(26)30(45-33)47-35-27-13-19(40)4-8-23(27)31(48-35)46-34-25-11-17(38)2-6-21(25)29(42-32)44-34/h1-13H,38-40H2,(H,49,50)(H2,41,42,43,44,45,46,47,48)/b16-9-. The predicted octanol–water partition coefficient (Wildman–Crippen LogP) is 5.61. The van der Waals surface area contributed by atoms with Gasteiger partial charge in [0.15, 0.2) is 23.3 Å². The number of hydrogen-bond acceptors (Lipinski definition) is 11. The van der Waals surface area contributed by atoms with Crippen molar-refractivity contribution in [3.8, 4) is 51.6 Å². The first kappa shape index (κ1) is 28.6. The number of anilines is 3. The Balaban J connectivity index is 1.45. The van der Waals surface area contributed by atoms with Crippen LogP contribution in [0.2, 0.25) is 0 Å². The first-order valence-corrected chi connectivity index (χ1v) is 15.2. The Bertz CT molecular complexity index is 2910. The van der Waals surface area contributed by atoms with E-state index < -0.39 is 11.5 Å². The molecule has 0 atom stereocenters. The molecule has 2 aliphatic rings. The van der Waals surface area contributed by atoms with Crippen molar-refractivity contribution in [3.63, 3.8) is 0 Å². The average Bonchev–Trinajstić information content (AvgIpc) is 3.81. The summed E-state index contributed by atoms with van der Waals surface area (Å²) < 4.78 is 0. The van der Waals surface area contributed by atoms with Gasteiger partial charge in [-0.25, -0.2) is 34.7 Å². The molecule has 0 fully saturated rings. The lowest BCUT2D eigenvalue weighted by molar-refractivity contribution is -0.132. The van der Waals surface area contributed by atoms with Crippen molar-refractivity contribution < 1.29 is 9.90 Å². The van der Waals surface area contributed by atoms with Crippen LogP contribution in [0.4, 0.5) is 17.1 Å². The van der Waals surface area contributed by atoms with Crippen LogP contribution in [0.5, 0.6) is 0 Å². The van der Waals surface area contributed by atoms with Gasteiger partial charge in [-0.2, -0.15) is 5.26 Å². The van der Waals surface area contributed by atoms with Gasteiger partial charge in [0.05, 0.1) is 0 Å². The summed E-state index contributed by atoms with van der Waals surface area (Å²) in [6.45, 7) is 0. The quantitative estimate of drug-likeness (QED) is 0.0756. The molecule has 0 radical (unpaired) electrons. The average molecular weight is 655 g/mol. The fraction of sp³-hybridized carbons (Fsp3) is 0. The van der Waals surface area contributed by atoms with Gasteiger partial charge in [-0.05, 0) is 78.4 Å². The van der Waals surface area contributed by atoms with Crippen molar-refractivity contribution in [2.45, 2.75) is 0 Å². The molecule has 0 saturated heterocycles. The molecule has 7 aromatic rings. The number of aromatic nitrogens is 8. The maximum atomic E-state index is 11.6. The Morgan fingerprint density at radius 2 is 1.02 bits per heavy atom. The van der Waals surface area contributed by atoms with Crippen LogP contribution in [0.3, 0.4) is 0 Å². The highest BCUT2D eigenvalue weighted by Crippen LogP contribution is 2.38. The number of carboxylic acids is 1. The smallest absolute Gasteiger partial charge is 0.346 e. The van der Waals surface area contributed by atoms with Crippen LogP contribution >= 0.6 is 0 Å². The molecule has 50 heavy (non-hydrogen) atoms. The van der Waals surface area contributed by atoms with Crippen LogP contribution < -0.4 is 17.2 Å². The summed E-state index contributed by atoms with van der Waals surface area (Å²) in [5.41, 5.74) is 24.9. The molecule has 0 amide bonds. The number of H-pyrrole nitrogens is 2. The molecule has 14 nitrogen and oxygen atoms in total. The van der Waals surface area contributed by atoms with Crippen LogP contribution in [0.25, 0.3) is 95.8 Å². The van der Waals surface area contributed by atoms with Crippen LogP contribution in [0.15, 0.2) is 78.4 Å². The van der Waals surface area contributed by atoms with E-state index in [0.29, 0.717) is 96.0 Å². The van der Waals surface area contributed by atoms with E-state index in [4.69, 9.17) is 47.1 Å². The minimum absolute atomic E-state index is 0.302. The second-order valence-electron chi connectivity index (χ2n) is 11.8. The zero-order valence-electron chi connectivity index (χ0n) is 25.7. The minimum Gasteiger partial charge on any atom is -0.477 e. The monoisotopic (exact) mass is 654 g/mol. The van der Waals surface area contributed by atoms with Gasteiger partial charge in [-0.15, -0.1) is 0 Å². The number of nitrogen functional groups attached to an aromatic ring is 3. The third kappa shape index (κ3) is 4.46. The van der Waals surface area contributed by atoms with Crippen LogP contribution in [-0.2, 0) is 4.79 Å². The van der Waals surface area contributed by atoms with Crippen molar-refractivity contribution in [1.82, 2.24) is 39.9 Å². The molecule has 0 saturated carbocycles.